The summed E-state index contributed by atoms with van der Waals surface area (Å²) in [5, 5.41) is 0. The molecule has 1 aromatic carbocycles. The van der Waals surface area contributed by atoms with Crippen LogP contribution in [0.25, 0.3) is 0 Å². The van der Waals surface area contributed by atoms with Crippen molar-refractivity contribution in [2.45, 2.75) is 31.6 Å². The molecule has 114 valence electrons. The second kappa shape index (κ2) is 6.95. The molecule has 0 spiro atoms. The third-order valence-electron chi connectivity index (χ3n) is 3.24. The van der Waals surface area contributed by atoms with Gasteiger partial charge in [0.25, 0.3) is 0 Å². The summed E-state index contributed by atoms with van der Waals surface area (Å²) in [5.74, 6) is 0.663. The van der Waals surface area contributed by atoms with Crippen molar-refractivity contribution in [3.63, 3.8) is 0 Å². The fourth-order valence-electron chi connectivity index (χ4n) is 2.23. The Morgan fingerprint density at radius 2 is 1.80 bits per heavy atom. The van der Waals surface area contributed by atoms with Crippen LogP contribution in [0, 0.1) is 0 Å². The van der Waals surface area contributed by atoms with Crippen LogP contribution in [0.15, 0.2) is 24.3 Å². The molecule has 0 aliphatic rings. The van der Waals surface area contributed by atoms with Gasteiger partial charge in [-0.2, -0.15) is 13.2 Å². The van der Waals surface area contributed by atoms with Crippen molar-refractivity contribution in [2.75, 3.05) is 20.7 Å². The fraction of sp³-hybridized carbons (Fsp3) is 0.571. The number of halogens is 3. The third-order valence-corrected chi connectivity index (χ3v) is 3.24. The molecule has 20 heavy (non-hydrogen) atoms. The van der Waals surface area contributed by atoms with Crippen molar-refractivity contribution < 1.29 is 17.9 Å². The van der Waals surface area contributed by atoms with Crippen LogP contribution >= 0.6 is 0 Å². The molecule has 0 aliphatic carbocycles. The van der Waals surface area contributed by atoms with E-state index in [0.29, 0.717) is 12.2 Å². The van der Waals surface area contributed by atoms with Gasteiger partial charge in [-0.15, -0.1) is 0 Å². The number of nitrogens with two attached hydrogens (primary N) is 1. The minimum absolute atomic E-state index is 0.365. The topological polar surface area (TPSA) is 38.5 Å². The Morgan fingerprint density at radius 3 is 2.20 bits per heavy atom. The zero-order chi connectivity index (χ0) is 15.3. The fourth-order valence-corrected chi connectivity index (χ4v) is 2.23. The number of hydrogen-bond donors (Lipinski definition) is 1. The quantitative estimate of drug-likeness (QED) is 0.875. The molecule has 2 atom stereocenters. The highest BCUT2D eigenvalue weighted by molar-refractivity contribution is 5.30. The van der Waals surface area contributed by atoms with Crippen molar-refractivity contribution in [1.29, 1.82) is 0 Å². The van der Waals surface area contributed by atoms with Gasteiger partial charge in [0.05, 0.1) is 13.7 Å². The Hall–Kier alpha value is -1.27. The number of rotatable bonds is 6. The van der Waals surface area contributed by atoms with Crippen LogP contribution in [0.5, 0.6) is 5.75 Å². The highest BCUT2D eigenvalue weighted by atomic mass is 19.4. The first-order valence-electron chi connectivity index (χ1n) is 6.45. The minimum atomic E-state index is -4.24. The number of likely N-dealkylation sites (N-methyl/N-ethyl adjacent to an activating group) is 1. The maximum absolute atomic E-state index is 12.6. The van der Waals surface area contributed by atoms with Gasteiger partial charge in [0.15, 0.2) is 0 Å². The molecular formula is C14H21F3N2O. The molecule has 3 nitrogen and oxygen atoms in total. The van der Waals surface area contributed by atoms with E-state index in [2.05, 4.69) is 0 Å². The van der Waals surface area contributed by atoms with Crippen molar-refractivity contribution in [3.8, 4) is 5.75 Å². The average molecular weight is 290 g/mol. The lowest BCUT2D eigenvalue weighted by atomic mass is 9.96. The molecule has 2 unspecified atom stereocenters. The SMILES string of the molecule is CCC(N)C(c1ccc(OC)cc1)N(C)CC(F)(F)F. The lowest BCUT2D eigenvalue weighted by Gasteiger charge is -2.33. The smallest absolute Gasteiger partial charge is 0.401 e. The van der Waals surface area contributed by atoms with Gasteiger partial charge in [0.1, 0.15) is 5.75 Å². The van der Waals surface area contributed by atoms with E-state index in [1.165, 1.54) is 11.9 Å². The van der Waals surface area contributed by atoms with Gasteiger partial charge in [-0.3, -0.25) is 4.90 Å². The molecule has 0 saturated carbocycles. The summed E-state index contributed by atoms with van der Waals surface area (Å²) in [4.78, 5) is 1.25. The first-order valence-corrected chi connectivity index (χ1v) is 6.45. The lowest BCUT2D eigenvalue weighted by molar-refractivity contribution is -0.148. The van der Waals surface area contributed by atoms with Gasteiger partial charge < -0.3 is 10.5 Å². The Morgan fingerprint density at radius 1 is 1.25 bits per heavy atom. The number of alkyl halides is 3. The molecule has 0 aliphatic heterocycles. The van der Waals surface area contributed by atoms with Crippen molar-refractivity contribution in [1.82, 2.24) is 4.90 Å². The molecule has 1 aromatic rings. The molecule has 0 amide bonds. The van der Waals surface area contributed by atoms with Crippen LogP contribution in [0.2, 0.25) is 0 Å². The maximum atomic E-state index is 12.6. The highest BCUT2D eigenvalue weighted by Crippen LogP contribution is 2.28. The Balaban J connectivity index is 2.98. The molecule has 0 fully saturated rings. The lowest BCUT2D eigenvalue weighted by Crippen LogP contribution is -2.42. The highest BCUT2D eigenvalue weighted by Gasteiger charge is 2.34. The standard InChI is InChI=1S/C14H21F3N2O/c1-4-12(18)13(19(2)9-14(15,16)17)10-5-7-11(20-3)8-6-10/h5-8,12-13H,4,9,18H2,1-3H3. The van der Waals surface area contributed by atoms with Crippen LogP contribution in [-0.2, 0) is 0 Å². The Labute approximate surface area is 117 Å². The molecule has 0 radical (unpaired) electrons. The van der Waals surface area contributed by atoms with Gasteiger partial charge in [0.2, 0.25) is 0 Å². The predicted molar refractivity (Wildman–Crippen MR) is 72.7 cm³/mol. The van der Waals surface area contributed by atoms with Gasteiger partial charge in [-0.05, 0) is 31.2 Å². The first kappa shape index (κ1) is 16.8. The summed E-state index contributed by atoms with van der Waals surface area (Å²) in [6, 6.07) is 6.12. The molecular weight excluding hydrogens is 269 g/mol. The largest absolute Gasteiger partial charge is 0.497 e. The van der Waals surface area contributed by atoms with Crippen LogP contribution in [0.3, 0.4) is 0 Å². The first-order chi connectivity index (χ1) is 9.28. The molecule has 0 bridgehead atoms. The monoisotopic (exact) mass is 290 g/mol. The van der Waals surface area contributed by atoms with Gasteiger partial charge in [-0.25, -0.2) is 0 Å². The molecule has 1 rings (SSSR count). The van der Waals surface area contributed by atoms with Crippen LogP contribution in [0.1, 0.15) is 24.9 Å². The zero-order valence-electron chi connectivity index (χ0n) is 11.9. The normalized spacial score (nSPS) is 15.2. The van der Waals surface area contributed by atoms with E-state index in [4.69, 9.17) is 10.5 Å². The molecule has 6 heteroatoms. The van der Waals surface area contributed by atoms with E-state index >= 15 is 0 Å². The number of benzene rings is 1. The van der Waals surface area contributed by atoms with Crippen molar-refractivity contribution in [3.05, 3.63) is 29.8 Å². The Bertz CT molecular complexity index is 406. The molecule has 0 saturated heterocycles. The van der Waals surface area contributed by atoms with E-state index in [1.807, 2.05) is 6.92 Å². The van der Waals surface area contributed by atoms with Crippen LogP contribution < -0.4 is 10.5 Å². The predicted octanol–water partition coefficient (Wildman–Crippen LogP) is 2.97. The minimum Gasteiger partial charge on any atom is -0.497 e. The van der Waals surface area contributed by atoms with Gasteiger partial charge >= 0.3 is 6.18 Å². The van der Waals surface area contributed by atoms with Gasteiger partial charge in [0, 0.05) is 12.1 Å². The summed E-state index contributed by atoms with van der Waals surface area (Å²) in [6.45, 7) is 0.875. The summed E-state index contributed by atoms with van der Waals surface area (Å²) in [5.41, 5.74) is 6.76. The van der Waals surface area contributed by atoms with E-state index in [0.717, 1.165) is 5.56 Å². The van der Waals surface area contributed by atoms with Crippen LogP contribution in [-0.4, -0.2) is 37.8 Å². The van der Waals surface area contributed by atoms with Crippen LogP contribution in [0.4, 0.5) is 13.2 Å². The second-order valence-corrected chi connectivity index (χ2v) is 4.82. The summed E-state index contributed by atoms with van der Waals surface area (Å²) in [7, 11) is 2.98. The molecule has 0 aromatic heterocycles. The van der Waals surface area contributed by atoms with Gasteiger partial charge in [-0.1, -0.05) is 19.1 Å². The second-order valence-electron chi connectivity index (χ2n) is 4.82. The zero-order valence-corrected chi connectivity index (χ0v) is 11.9. The van der Waals surface area contributed by atoms with E-state index in [-0.39, 0.29) is 6.04 Å². The summed E-state index contributed by atoms with van der Waals surface area (Å²) < 4.78 is 42.7. The number of nitrogens with zero attached hydrogens (tertiary/aromatic N) is 1. The van der Waals surface area contributed by atoms with E-state index in [1.54, 1.807) is 31.4 Å². The molecule has 0 heterocycles. The van der Waals surface area contributed by atoms with Crippen molar-refractivity contribution in [2.24, 2.45) is 5.73 Å². The van der Waals surface area contributed by atoms with Crippen molar-refractivity contribution >= 4 is 0 Å². The summed E-state index contributed by atoms with van der Waals surface area (Å²) >= 11 is 0. The maximum Gasteiger partial charge on any atom is 0.401 e. The number of methoxy groups -OCH3 is 1. The Kier molecular flexibility index (Phi) is 5.83. The average Bonchev–Trinajstić information content (AvgIpc) is 2.37. The van der Waals surface area contributed by atoms with E-state index < -0.39 is 18.8 Å². The molecule has 2 N–H and O–H groups in total. The number of hydrogen-bond acceptors (Lipinski definition) is 3. The van der Waals surface area contributed by atoms with E-state index in [9.17, 15) is 13.2 Å². The third kappa shape index (κ3) is 4.68. The number of ether oxygens (including phenoxy) is 1. The summed E-state index contributed by atoms with van der Waals surface area (Å²) in [6.07, 6.45) is -3.65.